The van der Waals surface area contributed by atoms with Crippen LogP contribution in [0.2, 0.25) is 0 Å². The number of nitrogens with zero attached hydrogens (tertiary/aromatic N) is 1. The number of carboxylic acids is 1. The van der Waals surface area contributed by atoms with E-state index in [2.05, 4.69) is 4.98 Å². The van der Waals surface area contributed by atoms with E-state index in [1.54, 1.807) is 12.1 Å². The Morgan fingerprint density at radius 3 is 2.73 bits per heavy atom. The molecular weight excluding hydrogens is 218 g/mol. The Hall–Kier alpha value is -1.81. The zero-order valence-corrected chi connectivity index (χ0v) is 8.36. The van der Waals surface area contributed by atoms with Gasteiger partial charge in [0.2, 0.25) is 0 Å². The summed E-state index contributed by atoms with van der Waals surface area (Å²) in [5, 5.41) is 18.6. The molecule has 1 aromatic carbocycles. The summed E-state index contributed by atoms with van der Waals surface area (Å²) in [7, 11) is 0. The van der Waals surface area contributed by atoms with Crippen molar-refractivity contribution in [3.63, 3.8) is 0 Å². The van der Waals surface area contributed by atoms with E-state index in [0.717, 1.165) is 0 Å². The maximum Gasteiger partial charge on any atom is 0.337 e. The van der Waals surface area contributed by atoms with Crippen LogP contribution in [0.4, 0.5) is 0 Å². The first-order valence-corrected chi connectivity index (χ1v) is 3.99. The van der Waals surface area contributed by atoms with E-state index in [1.807, 2.05) is 0 Å². The fourth-order valence-corrected chi connectivity index (χ4v) is 1.25. The molecule has 2 aromatic rings. The summed E-state index contributed by atoms with van der Waals surface area (Å²) < 4.78 is 0. The van der Waals surface area contributed by atoms with Crippen LogP contribution in [-0.4, -0.2) is 21.2 Å². The minimum atomic E-state index is -1.05. The number of phenolic OH excluding ortho intramolecular Hbond substituents is 1. The second-order valence-corrected chi connectivity index (χ2v) is 2.87. The van der Waals surface area contributed by atoms with E-state index in [1.165, 1.54) is 18.3 Å². The zero-order chi connectivity index (χ0) is 10.1. The quantitative estimate of drug-likeness (QED) is 0.779. The van der Waals surface area contributed by atoms with Gasteiger partial charge in [0.1, 0.15) is 5.75 Å². The highest BCUT2D eigenvalue weighted by atomic mass is 35.5. The van der Waals surface area contributed by atoms with Gasteiger partial charge in [0.05, 0.1) is 11.1 Å². The monoisotopic (exact) mass is 225 g/mol. The summed E-state index contributed by atoms with van der Waals surface area (Å²) in [4.78, 5) is 14.6. The lowest BCUT2D eigenvalue weighted by atomic mass is 10.1. The van der Waals surface area contributed by atoms with Gasteiger partial charge in [-0.2, -0.15) is 0 Å². The molecule has 15 heavy (non-hydrogen) atoms. The fraction of sp³-hybridized carbons (Fsp3) is 0. The van der Waals surface area contributed by atoms with Crippen molar-refractivity contribution < 1.29 is 15.0 Å². The topological polar surface area (TPSA) is 70.4 Å². The molecule has 0 aliphatic heterocycles. The number of rotatable bonds is 1. The molecule has 0 unspecified atom stereocenters. The molecule has 0 bridgehead atoms. The third-order valence-electron chi connectivity index (χ3n) is 1.95. The van der Waals surface area contributed by atoms with Gasteiger partial charge in [0.15, 0.2) is 0 Å². The third-order valence-corrected chi connectivity index (χ3v) is 1.95. The number of aromatic nitrogens is 1. The summed E-state index contributed by atoms with van der Waals surface area (Å²) in [6, 6.07) is 6.27. The minimum Gasteiger partial charge on any atom is -0.507 e. The highest BCUT2D eigenvalue weighted by molar-refractivity contribution is 5.94. The zero-order valence-electron chi connectivity index (χ0n) is 7.54. The Balaban J connectivity index is 0.00000112. The van der Waals surface area contributed by atoms with Crippen molar-refractivity contribution in [2.75, 3.05) is 0 Å². The average Bonchev–Trinajstić information content (AvgIpc) is 2.18. The van der Waals surface area contributed by atoms with E-state index in [9.17, 15) is 9.90 Å². The van der Waals surface area contributed by atoms with Gasteiger partial charge in [-0.25, -0.2) is 4.79 Å². The van der Waals surface area contributed by atoms with Crippen molar-refractivity contribution in [1.29, 1.82) is 0 Å². The molecule has 1 heterocycles. The van der Waals surface area contributed by atoms with E-state index < -0.39 is 5.97 Å². The molecule has 0 radical (unpaired) electrons. The van der Waals surface area contributed by atoms with Crippen LogP contribution >= 0.6 is 12.4 Å². The fourth-order valence-electron chi connectivity index (χ4n) is 1.25. The van der Waals surface area contributed by atoms with Gasteiger partial charge in [0.25, 0.3) is 0 Å². The highest BCUT2D eigenvalue weighted by Crippen LogP contribution is 2.23. The predicted molar refractivity (Wildman–Crippen MR) is 57.6 cm³/mol. The van der Waals surface area contributed by atoms with Crippen LogP contribution in [-0.2, 0) is 0 Å². The maximum atomic E-state index is 10.6. The first kappa shape index (κ1) is 11.3. The Bertz CT molecular complexity index is 513. The summed E-state index contributed by atoms with van der Waals surface area (Å²) in [5.41, 5.74) is 0.647. The van der Waals surface area contributed by atoms with Crippen molar-refractivity contribution in [3.8, 4) is 5.75 Å². The molecule has 0 fully saturated rings. The van der Waals surface area contributed by atoms with Gasteiger partial charge in [-0.1, -0.05) is 6.07 Å². The summed E-state index contributed by atoms with van der Waals surface area (Å²) >= 11 is 0. The lowest BCUT2D eigenvalue weighted by Crippen LogP contribution is -1.96. The second kappa shape index (κ2) is 4.14. The number of hydrogen-bond acceptors (Lipinski definition) is 3. The van der Waals surface area contributed by atoms with Gasteiger partial charge in [-0.05, 0) is 18.2 Å². The number of halogens is 1. The van der Waals surface area contributed by atoms with Crippen LogP contribution in [0.1, 0.15) is 10.4 Å². The minimum absolute atomic E-state index is 0. The van der Waals surface area contributed by atoms with Crippen molar-refractivity contribution in [1.82, 2.24) is 4.98 Å². The van der Waals surface area contributed by atoms with E-state index in [-0.39, 0.29) is 23.7 Å². The van der Waals surface area contributed by atoms with Gasteiger partial charge in [-0.15, -0.1) is 12.4 Å². The van der Waals surface area contributed by atoms with Crippen LogP contribution in [0.3, 0.4) is 0 Å². The number of carboxylic acid groups (broad SMARTS) is 1. The Morgan fingerprint density at radius 1 is 1.33 bits per heavy atom. The van der Waals surface area contributed by atoms with Crippen molar-refractivity contribution in [2.24, 2.45) is 0 Å². The number of aromatic hydroxyl groups is 1. The van der Waals surface area contributed by atoms with Crippen LogP contribution in [0, 0.1) is 0 Å². The standard InChI is InChI=1S/C10H7NO3.ClH/c12-9-3-1-2-8-7(9)4-6(5-11-8)10(13)14;/h1-5,12H,(H,13,14);1H. The van der Waals surface area contributed by atoms with E-state index in [0.29, 0.717) is 10.9 Å². The first-order chi connectivity index (χ1) is 6.68. The number of aromatic carboxylic acids is 1. The average molecular weight is 226 g/mol. The van der Waals surface area contributed by atoms with Crippen molar-refractivity contribution in [2.45, 2.75) is 0 Å². The molecule has 0 amide bonds. The molecule has 0 saturated heterocycles. The number of hydrogen-bond donors (Lipinski definition) is 2. The Kier molecular flexibility index (Phi) is 3.11. The van der Waals surface area contributed by atoms with Crippen molar-refractivity contribution >= 4 is 29.3 Å². The molecular formula is C10H8ClNO3. The number of carbonyl (C=O) groups is 1. The normalized spacial score (nSPS) is 9.60. The molecule has 0 saturated carbocycles. The predicted octanol–water partition coefficient (Wildman–Crippen LogP) is 2.06. The smallest absolute Gasteiger partial charge is 0.337 e. The SMILES string of the molecule is Cl.O=C(O)c1cnc2cccc(O)c2c1. The lowest BCUT2D eigenvalue weighted by molar-refractivity contribution is 0.0696. The highest BCUT2D eigenvalue weighted by Gasteiger charge is 2.06. The van der Waals surface area contributed by atoms with Crippen molar-refractivity contribution in [3.05, 3.63) is 36.0 Å². The number of fused-ring (bicyclic) bond motifs is 1. The second-order valence-electron chi connectivity index (χ2n) is 2.87. The summed E-state index contributed by atoms with van der Waals surface area (Å²) in [6.07, 6.45) is 1.27. The number of pyridine rings is 1. The molecule has 2 N–H and O–H groups in total. The molecule has 1 aromatic heterocycles. The van der Waals surface area contributed by atoms with Gasteiger partial charge < -0.3 is 10.2 Å². The van der Waals surface area contributed by atoms with Crippen LogP contribution in [0.25, 0.3) is 10.9 Å². The van der Waals surface area contributed by atoms with E-state index in [4.69, 9.17) is 5.11 Å². The largest absolute Gasteiger partial charge is 0.507 e. The lowest BCUT2D eigenvalue weighted by Gasteiger charge is -2.00. The summed E-state index contributed by atoms with van der Waals surface area (Å²) in [6.45, 7) is 0. The first-order valence-electron chi connectivity index (χ1n) is 3.99. The molecule has 0 spiro atoms. The van der Waals surface area contributed by atoms with Crippen LogP contribution in [0.15, 0.2) is 30.5 Å². The van der Waals surface area contributed by atoms with Crippen LogP contribution < -0.4 is 0 Å². The molecule has 2 rings (SSSR count). The molecule has 0 atom stereocenters. The maximum absolute atomic E-state index is 10.6. The molecule has 0 aliphatic carbocycles. The van der Waals surface area contributed by atoms with E-state index >= 15 is 0 Å². The third kappa shape index (κ3) is 1.99. The number of benzene rings is 1. The summed E-state index contributed by atoms with van der Waals surface area (Å²) in [5.74, 6) is -1.01. The molecule has 5 heteroatoms. The van der Waals surface area contributed by atoms with Gasteiger partial charge in [-0.3, -0.25) is 4.98 Å². The Labute approximate surface area is 91.6 Å². The van der Waals surface area contributed by atoms with Gasteiger partial charge in [0, 0.05) is 11.6 Å². The number of phenols is 1. The van der Waals surface area contributed by atoms with Crippen LogP contribution in [0.5, 0.6) is 5.75 Å². The molecule has 4 nitrogen and oxygen atoms in total. The van der Waals surface area contributed by atoms with Gasteiger partial charge >= 0.3 is 5.97 Å². The molecule has 78 valence electrons. The molecule has 0 aliphatic rings. The Morgan fingerprint density at radius 2 is 2.07 bits per heavy atom.